The Hall–Kier alpha value is -2.05. The summed E-state index contributed by atoms with van der Waals surface area (Å²) in [5, 5.41) is 14.5. The number of oxazole rings is 1. The first-order valence-electron chi connectivity index (χ1n) is 7.29. The number of nitrogens with zero attached hydrogens (tertiary/aromatic N) is 1. The Bertz CT molecular complexity index is 500. The third-order valence-electron chi connectivity index (χ3n) is 3.71. The average Bonchev–Trinajstić information content (AvgIpc) is 2.93. The van der Waals surface area contributed by atoms with E-state index in [9.17, 15) is 9.59 Å². The van der Waals surface area contributed by atoms with Crippen LogP contribution in [0, 0.1) is 5.92 Å². The summed E-state index contributed by atoms with van der Waals surface area (Å²) in [7, 11) is 0. The molecule has 2 unspecified atom stereocenters. The fraction of sp³-hybridized carbons (Fsp3) is 0.643. The van der Waals surface area contributed by atoms with Crippen LogP contribution in [-0.2, 0) is 17.8 Å². The first kappa shape index (κ1) is 15.3. The topological polar surface area (TPSA) is 104 Å². The maximum absolute atomic E-state index is 11.8. The second kappa shape index (κ2) is 7.10. The average molecular weight is 295 g/mol. The van der Waals surface area contributed by atoms with Crippen molar-refractivity contribution in [3.05, 3.63) is 17.8 Å². The van der Waals surface area contributed by atoms with Crippen molar-refractivity contribution in [3.63, 3.8) is 0 Å². The molecular formula is C14H21N3O4. The number of carboxylic acid groups (broad SMARTS) is 1. The van der Waals surface area contributed by atoms with E-state index in [1.807, 2.05) is 6.92 Å². The predicted molar refractivity (Wildman–Crippen MR) is 74.6 cm³/mol. The number of amides is 2. The van der Waals surface area contributed by atoms with Crippen LogP contribution in [0.3, 0.4) is 0 Å². The van der Waals surface area contributed by atoms with Gasteiger partial charge < -0.3 is 20.2 Å². The van der Waals surface area contributed by atoms with Crippen molar-refractivity contribution in [2.24, 2.45) is 5.92 Å². The van der Waals surface area contributed by atoms with E-state index in [2.05, 4.69) is 15.6 Å². The Morgan fingerprint density at radius 3 is 2.95 bits per heavy atom. The minimum Gasteiger partial charge on any atom is -0.481 e. The van der Waals surface area contributed by atoms with Crippen LogP contribution in [0.5, 0.6) is 0 Å². The lowest BCUT2D eigenvalue weighted by Crippen LogP contribution is -2.44. The summed E-state index contributed by atoms with van der Waals surface area (Å²) in [6.07, 6.45) is 5.22. The molecule has 7 heteroatoms. The minimum atomic E-state index is -0.784. The number of nitrogens with one attached hydrogen (secondary N) is 2. The third-order valence-corrected chi connectivity index (χ3v) is 3.71. The highest BCUT2D eigenvalue weighted by molar-refractivity contribution is 5.74. The van der Waals surface area contributed by atoms with Crippen molar-refractivity contribution < 1.29 is 19.1 Å². The molecule has 3 N–H and O–H groups in total. The molecule has 2 amide bonds. The zero-order chi connectivity index (χ0) is 15.2. The molecule has 0 spiro atoms. The van der Waals surface area contributed by atoms with E-state index >= 15 is 0 Å². The lowest BCUT2D eigenvalue weighted by Gasteiger charge is -2.27. The van der Waals surface area contributed by atoms with Crippen LogP contribution in [0.25, 0.3) is 0 Å². The lowest BCUT2D eigenvalue weighted by molar-refractivity contribution is -0.143. The highest BCUT2D eigenvalue weighted by Crippen LogP contribution is 2.24. The van der Waals surface area contributed by atoms with Crippen LogP contribution in [0.2, 0.25) is 0 Å². The van der Waals surface area contributed by atoms with Gasteiger partial charge in [0.2, 0.25) is 5.89 Å². The Morgan fingerprint density at radius 1 is 1.48 bits per heavy atom. The molecule has 0 aromatic carbocycles. The quantitative estimate of drug-likeness (QED) is 0.766. The first-order valence-corrected chi connectivity index (χ1v) is 7.29. The van der Waals surface area contributed by atoms with Crippen molar-refractivity contribution in [1.82, 2.24) is 15.6 Å². The van der Waals surface area contributed by atoms with E-state index in [1.54, 1.807) is 6.20 Å². The smallest absolute Gasteiger partial charge is 0.315 e. The van der Waals surface area contributed by atoms with Crippen LogP contribution >= 0.6 is 0 Å². The molecule has 1 aliphatic rings. The third kappa shape index (κ3) is 4.47. The molecule has 116 valence electrons. The number of hydrogen-bond donors (Lipinski definition) is 3. The van der Waals surface area contributed by atoms with Gasteiger partial charge in [0.1, 0.15) is 5.76 Å². The highest BCUT2D eigenvalue weighted by Gasteiger charge is 2.27. The van der Waals surface area contributed by atoms with Crippen LogP contribution in [-0.4, -0.2) is 28.1 Å². The van der Waals surface area contributed by atoms with E-state index < -0.39 is 5.97 Å². The summed E-state index contributed by atoms with van der Waals surface area (Å²) in [5.74, 6) is 0.106. The van der Waals surface area contributed by atoms with E-state index in [-0.39, 0.29) is 24.5 Å². The fourth-order valence-electron chi connectivity index (χ4n) is 2.53. The predicted octanol–water partition coefficient (Wildman–Crippen LogP) is 1.68. The van der Waals surface area contributed by atoms with Gasteiger partial charge in [0.05, 0.1) is 18.7 Å². The number of carboxylic acids is 1. The molecule has 1 aromatic rings. The highest BCUT2D eigenvalue weighted by atomic mass is 16.4. The normalized spacial score (nSPS) is 21.8. The number of hydrogen-bond acceptors (Lipinski definition) is 4. The standard InChI is InChI=1S/C14H21N3O4/c1-2-11-7-15-12(21-11)8-16-14(20)17-10-5-3-4-9(6-10)13(18)19/h7,9-10H,2-6,8H2,1H3,(H,18,19)(H2,16,17,20). The monoisotopic (exact) mass is 295 g/mol. The van der Waals surface area contributed by atoms with Gasteiger partial charge in [0.25, 0.3) is 0 Å². The van der Waals surface area contributed by atoms with Gasteiger partial charge in [0.15, 0.2) is 0 Å². The minimum absolute atomic E-state index is 0.0874. The first-order chi connectivity index (χ1) is 10.1. The SMILES string of the molecule is CCc1cnc(CNC(=O)NC2CCCC(C(=O)O)C2)o1. The zero-order valence-corrected chi connectivity index (χ0v) is 12.1. The number of carbonyl (C=O) groups is 2. The van der Waals surface area contributed by atoms with Crippen LogP contribution < -0.4 is 10.6 Å². The van der Waals surface area contributed by atoms with Gasteiger partial charge in [-0.15, -0.1) is 0 Å². The van der Waals surface area contributed by atoms with Crippen LogP contribution in [0.1, 0.15) is 44.3 Å². The maximum Gasteiger partial charge on any atom is 0.315 e. The number of aromatic nitrogens is 1. The van der Waals surface area contributed by atoms with Crippen LogP contribution in [0.15, 0.2) is 10.6 Å². The molecule has 0 aliphatic heterocycles. The number of rotatable bonds is 5. The molecule has 2 atom stereocenters. The van der Waals surface area contributed by atoms with Gasteiger partial charge in [-0.2, -0.15) is 0 Å². The molecule has 21 heavy (non-hydrogen) atoms. The Morgan fingerprint density at radius 2 is 2.29 bits per heavy atom. The van der Waals surface area contributed by atoms with Crippen molar-refractivity contribution in [2.75, 3.05) is 0 Å². The number of aliphatic carboxylic acids is 1. The molecule has 0 radical (unpaired) electrons. The zero-order valence-electron chi connectivity index (χ0n) is 12.1. The largest absolute Gasteiger partial charge is 0.481 e. The van der Waals surface area contributed by atoms with E-state index in [0.29, 0.717) is 18.7 Å². The van der Waals surface area contributed by atoms with Crippen LogP contribution in [0.4, 0.5) is 4.79 Å². The van der Waals surface area contributed by atoms with Crippen molar-refractivity contribution in [2.45, 2.75) is 51.6 Å². The number of urea groups is 1. The van der Waals surface area contributed by atoms with Gasteiger partial charge in [0, 0.05) is 12.5 Å². The molecule has 1 fully saturated rings. The van der Waals surface area contributed by atoms with Crippen molar-refractivity contribution in [1.29, 1.82) is 0 Å². The number of carbonyl (C=O) groups excluding carboxylic acids is 1. The van der Waals surface area contributed by atoms with E-state index in [1.165, 1.54) is 0 Å². The molecule has 2 rings (SSSR count). The Kier molecular flexibility index (Phi) is 5.19. The number of aryl methyl sites for hydroxylation is 1. The molecule has 7 nitrogen and oxygen atoms in total. The van der Waals surface area contributed by atoms with Gasteiger partial charge in [-0.1, -0.05) is 13.3 Å². The molecule has 1 heterocycles. The molecule has 1 aromatic heterocycles. The molecule has 0 bridgehead atoms. The Balaban J connectivity index is 1.75. The molecule has 1 aliphatic carbocycles. The lowest BCUT2D eigenvalue weighted by atomic mass is 9.86. The van der Waals surface area contributed by atoms with Crippen molar-refractivity contribution in [3.8, 4) is 0 Å². The van der Waals surface area contributed by atoms with Gasteiger partial charge in [-0.05, 0) is 19.3 Å². The summed E-state index contributed by atoms with van der Waals surface area (Å²) in [4.78, 5) is 26.8. The summed E-state index contributed by atoms with van der Waals surface area (Å²) in [6.45, 7) is 2.19. The molecule has 0 saturated heterocycles. The summed E-state index contributed by atoms with van der Waals surface area (Å²) in [6, 6.07) is -0.405. The van der Waals surface area contributed by atoms with Gasteiger partial charge >= 0.3 is 12.0 Å². The van der Waals surface area contributed by atoms with E-state index in [0.717, 1.165) is 25.0 Å². The Labute approximate surface area is 123 Å². The van der Waals surface area contributed by atoms with E-state index in [4.69, 9.17) is 9.52 Å². The summed E-state index contributed by atoms with van der Waals surface area (Å²) in [5.41, 5.74) is 0. The second-order valence-corrected chi connectivity index (χ2v) is 5.30. The fourth-order valence-corrected chi connectivity index (χ4v) is 2.53. The second-order valence-electron chi connectivity index (χ2n) is 5.30. The summed E-state index contributed by atoms with van der Waals surface area (Å²) >= 11 is 0. The van der Waals surface area contributed by atoms with Gasteiger partial charge in [-0.3, -0.25) is 4.79 Å². The molecule has 1 saturated carbocycles. The summed E-state index contributed by atoms with van der Waals surface area (Å²) < 4.78 is 5.39. The maximum atomic E-state index is 11.8. The van der Waals surface area contributed by atoms with Gasteiger partial charge in [-0.25, -0.2) is 9.78 Å². The van der Waals surface area contributed by atoms with Crippen molar-refractivity contribution >= 4 is 12.0 Å². The molecular weight excluding hydrogens is 274 g/mol.